The number of unbranched alkanes of at least 4 members (excludes halogenated alkanes) is 3. The summed E-state index contributed by atoms with van der Waals surface area (Å²) in [4.78, 5) is 8.82. The maximum atomic E-state index is 5.97. The van der Waals surface area contributed by atoms with E-state index in [1.807, 2.05) is 35.5 Å². The van der Waals surface area contributed by atoms with E-state index in [0.29, 0.717) is 5.95 Å². The number of hydrogen-bond acceptors (Lipinski definition) is 4. The Balaban J connectivity index is 1.95. The van der Waals surface area contributed by atoms with Gasteiger partial charge in [0.1, 0.15) is 5.52 Å². The third-order valence-corrected chi connectivity index (χ3v) is 3.93. The Kier molecular flexibility index (Phi) is 5.07. The van der Waals surface area contributed by atoms with Crippen LogP contribution in [0.3, 0.4) is 0 Å². The highest BCUT2D eigenvalue weighted by atomic mass is 32.2. The minimum atomic E-state index is 0.581. The number of aryl methyl sites for hydroxylation is 2. The Morgan fingerprint density at radius 3 is 2.84 bits per heavy atom. The van der Waals surface area contributed by atoms with Crippen molar-refractivity contribution in [1.82, 2.24) is 14.5 Å². The van der Waals surface area contributed by atoms with Crippen molar-refractivity contribution in [3.63, 3.8) is 0 Å². The lowest BCUT2D eigenvalue weighted by atomic mass is 10.2. The second kappa shape index (κ2) is 6.80. The number of imidazole rings is 1. The lowest BCUT2D eigenvalue weighted by Gasteiger charge is -2.05. The molecule has 2 aromatic rings. The third kappa shape index (κ3) is 3.62. The van der Waals surface area contributed by atoms with Gasteiger partial charge in [0.25, 0.3) is 0 Å². The molecular formula is C14H22N4S. The Bertz CT molecular complexity index is 535. The Labute approximate surface area is 118 Å². The Morgan fingerprint density at radius 1 is 1.26 bits per heavy atom. The first-order chi connectivity index (χ1) is 9.22. The summed E-state index contributed by atoms with van der Waals surface area (Å²) in [5.74, 6) is 1.84. The van der Waals surface area contributed by atoms with Crippen LogP contribution >= 0.6 is 11.8 Å². The van der Waals surface area contributed by atoms with Crippen molar-refractivity contribution in [2.24, 2.45) is 0 Å². The third-order valence-electron chi connectivity index (χ3n) is 3.23. The zero-order valence-electron chi connectivity index (χ0n) is 11.7. The average Bonchev–Trinajstić information content (AvgIpc) is 2.69. The SMILES string of the molecule is CSCCCCCCn1c(N)nc2cc(C)cnc21. The van der Waals surface area contributed by atoms with Gasteiger partial charge in [-0.25, -0.2) is 9.97 Å². The summed E-state index contributed by atoms with van der Waals surface area (Å²) in [5.41, 5.74) is 8.91. The van der Waals surface area contributed by atoms with E-state index in [9.17, 15) is 0 Å². The van der Waals surface area contributed by atoms with E-state index >= 15 is 0 Å². The number of fused-ring (bicyclic) bond motifs is 1. The second-order valence-corrected chi connectivity index (χ2v) is 5.87. The average molecular weight is 278 g/mol. The van der Waals surface area contributed by atoms with Gasteiger partial charge in [0.05, 0.1) is 0 Å². The minimum Gasteiger partial charge on any atom is -0.369 e. The monoisotopic (exact) mass is 278 g/mol. The molecule has 2 aromatic heterocycles. The number of thioether (sulfide) groups is 1. The molecule has 19 heavy (non-hydrogen) atoms. The summed E-state index contributed by atoms with van der Waals surface area (Å²) < 4.78 is 2.03. The number of anilines is 1. The Hall–Kier alpha value is -1.23. The van der Waals surface area contributed by atoms with E-state index < -0.39 is 0 Å². The molecule has 2 heterocycles. The molecule has 0 fully saturated rings. The highest BCUT2D eigenvalue weighted by Crippen LogP contribution is 2.17. The molecule has 2 N–H and O–H groups in total. The van der Waals surface area contributed by atoms with Gasteiger partial charge in [0.2, 0.25) is 5.95 Å². The van der Waals surface area contributed by atoms with Gasteiger partial charge in [-0.2, -0.15) is 11.8 Å². The molecule has 2 rings (SSSR count). The molecule has 0 bridgehead atoms. The second-order valence-electron chi connectivity index (χ2n) is 4.88. The summed E-state index contributed by atoms with van der Waals surface area (Å²) in [6.45, 7) is 2.94. The lowest BCUT2D eigenvalue weighted by Crippen LogP contribution is -2.04. The maximum absolute atomic E-state index is 5.97. The van der Waals surface area contributed by atoms with Crippen molar-refractivity contribution in [1.29, 1.82) is 0 Å². The van der Waals surface area contributed by atoms with E-state index in [4.69, 9.17) is 5.73 Å². The maximum Gasteiger partial charge on any atom is 0.202 e. The van der Waals surface area contributed by atoms with Crippen molar-refractivity contribution >= 4 is 28.9 Å². The first kappa shape index (κ1) is 14.2. The molecule has 104 valence electrons. The van der Waals surface area contributed by atoms with Gasteiger partial charge < -0.3 is 5.73 Å². The van der Waals surface area contributed by atoms with Gasteiger partial charge in [0, 0.05) is 12.7 Å². The van der Waals surface area contributed by atoms with Crippen LogP contribution in [-0.2, 0) is 6.54 Å². The van der Waals surface area contributed by atoms with Crippen molar-refractivity contribution in [3.05, 3.63) is 17.8 Å². The quantitative estimate of drug-likeness (QED) is 0.790. The minimum absolute atomic E-state index is 0.581. The van der Waals surface area contributed by atoms with E-state index in [1.54, 1.807) is 0 Å². The highest BCUT2D eigenvalue weighted by Gasteiger charge is 2.08. The molecule has 5 heteroatoms. The molecule has 0 unspecified atom stereocenters. The van der Waals surface area contributed by atoms with E-state index in [0.717, 1.165) is 29.7 Å². The molecule has 0 amide bonds. The van der Waals surface area contributed by atoms with Gasteiger partial charge in [-0.3, -0.25) is 4.57 Å². The largest absolute Gasteiger partial charge is 0.369 e. The summed E-state index contributed by atoms with van der Waals surface area (Å²) in [5, 5.41) is 0. The molecule has 0 saturated heterocycles. The van der Waals surface area contributed by atoms with Crippen LogP contribution in [0.5, 0.6) is 0 Å². The number of nitrogens with zero attached hydrogens (tertiary/aromatic N) is 3. The Morgan fingerprint density at radius 2 is 2.05 bits per heavy atom. The number of rotatable bonds is 7. The van der Waals surface area contributed by atoms with E-state index in [2.05, 4.69) is 16.2 Å². The summed E-state index contributed by atoms with van der Waals surface area (Å²) >= 11 is 1.92. The van der Waals surface area contributed by atoms with Gasteiger partial charge in [-0.05, 0) is 43.4 Å². The molecule has 0 aliphatic rings. The van der Waals surface area contributed by atoms with Gasteiger partial charge in [0.15, 0.2) is 5.65 Å². The zero-order chi connectivity index (χ0) is 13.7. The summed E-state index contributed by atoms with van der Waals surface area (Å²) in [6, 6.07) is 2.04. The fourth-order valence-electron chi connectivity index (χ4n) is 2.22. The van der Waals surface area contributed by atoms with E-state index in [-0.39, 0.29) is 0 Å². The molecule has 0 saturated carbocycles. The number of nitrogens with two attached hydrogens (primary N) is 1. The molecule has 0 radical (unpaired) electrons. The summed E-state index contributed by atoms with van der Waals surface area (Å²) in [7, 11) is 0. The van der Waals surface area contributed by atoms with Crippen LogP contribution in [0.1, 0.15) is 31.2 Å². The van der Waals surface area contributed by atoms with Crippen LogP contribution in [0, 0.1) is 6.92 Å². The summed E-state index contributed by atoms with van der Waals surface area (Å²) in [6.07, 6.45) is 9.01. The molecule has 4 nitrogen and oxygen atoms in total. The van der Waals surface area contributed by atoms with Crippen molar-refractivity contribution in [2.75, 3.05) is 17.7 Å². The van der Waals surface area contributed by atoms with Gasteiger partial charge in [-0.15, -0.1) is 0 Å². The lowest BCUT2D eigenvalue weighted by molar-refractivity contribution is 0.595. The number of aromatic nitrogens is 3. The molecule has 0 aromatic carbocycles. The normalized spacial score (nSPS) is 11.3. The molecule has 0 spiro atoms. The number of nitrogen functional groups attached to an aromatic ring is 1. The number of hydrogen-bond donors (Lipinski definition) is 1. The molecular weight excluding hydrogens is 256 g/mol. The first-order valence-corrected chi connectivity index (χ1v) is 8.19. The fourth-order valence-corrected chi connectivity index (χ4v) is 2.71. The smallest absolute Gasteiger partial charge is 0.202 e. The van der Waals surface area contributed by atoms with Crippen LogP contribution in [0.25, 0.3) is 11.2 Å². The molecule has 0 atom stereocenters. The van der Waals surface area contributed by atoms with Crippen LogP contribution in [0.2, 0.25) is 0 Å². The zero-order valence-corrected chi connectivity index (χ0v) is 12.5. The highest BCUT2D eigenvalue weighted by molar-refractivity contribution is 7.98. The molecule has 0 aliphatic carbocycles. The van der Waals surface area contributed by atoms with Crippen LogP contribution < -0.4 is 5.73 Å². The van der Waals surface area contributed by atoms with Crippen molar-refractivity contribution < 1.29 is 0 Å². The van der Waals surface area contributed by atoms with E-state index in [1.165, 1.54) is 25.0 Å². The van der Waals surface area contributed by atoms with Gasteiger partial charge >= 0.3 is 0 Å². The van der Waals surface area contributed by atoms with Crippen LogP contribution in [0.4, 0.5) is 5.95 Å². The molecule has 0 aliphatic heterocycles. The standard InChI is InChI=1S/C14H22N4S/c1-11-9-12-13(16-10-11)18(14(15)17-12)7-5-3-4-6-8-19-2/h9-10H,3-8H2,1-2H3,(H2,15,17). The van der Waals surface area contributed by atoms with Crippen molar-refractivity contribution in [3.8, 4) is 0 Å². The topological polar surface area (TPSA) is 56.7 Å². The predicted molar refractivity (Wildman–Crippen MR) is 83.5 cm³/mol. The number of pyridine rings is 1. The first-order valence-electron chi connectivity index (χ1n) is 6.79. The van der Waals surface area contributed by atoms with Crippen LogP contribution in [-0.4, -0.2) is 26.5 Å². The predicted octanol–water partition coefficient (Wildman–Crippen LogP) is 3.25. The van der Waals surface area contributed by atoms with Crippen LogP contribution in [0.15, 0.2) is 12.3 Å². The fraction of sp³-hybridized carbons (Fsp3) is 0.571. The van der Waals surface area contributed by atoms with Gasteiger partial charge in [-0.1, -0.05) is 12.8 Å². The van der Waals surface area contributed by atoms with Crippen molar-refractivity contribution in [2.45, 2.75) is 39.2 Å².